The van der Waals surface area contributed by atoms with Crippen LogP contribution >= 0.6 is 11.3 Å². The molecular weight excluding hydrogens is 299 g/mol. The van der Waals surface area contributed by atoms with Crippen LogP contribution in [0.3, 0.4) is 0 Å². The topological polar surface area (TPSA) is 42.9 Å². The standard InChI is InChI=1S/C17H13FN2OS/c18-11-5-6-12-14(10-11)22-16(20-12)17(7-3-8-17)15(21)13-4-1-2-9-19-13/h1-2,4-6,9-10H,3,7-8H2. The van der Waals surface area contributed by atoms with Crippen LogP contribution in [0.2, 0.25) is 0 Å². The molecule has 1 aliphatic carbocycles. The molecule has 2 heterocycles. The number of rotatable bonds is 3. The molecule has 0 unspecified atom stereocenters. The molecule has 110 valence electrons. The van der Waals surface area contributed by atoms with Gasteiger partial charge in [-0.25, -0.2) is 9.37 Å². The van der Waals surface area contributed by atoms with Gasteiger partial charge < -0.3 is 0 Å². The molecule has 0 radical (unpaired) electrons. The highest BCUT2D eigenvalue weighted by Gasteiger charge is 2.48. The van der Waals surface area contributed by atoms with Crippen LogP contribution in [0.25, 0.3) is 10.2 Å². The number of carbonyl (C=O) groups excluding carboxylic acids is 1. The summed E-state index contributed by atoms with van der Waals surface area (Å²) in [6.07, 6.45) is 4.20. The molecule has 0 bridgehead atoms. The highest BCUT2D eigenvalue weighted by Crippen LogP contribution is 2.48. The maximum Gasteiger partial charge on any atom is 0.194 e. The number of carbonyl (C=O) groups is 1. The first-order chi connectivity index (χ1) is 10.7. The van der Waals surface area contributed by atoms with E-state index >= 15 is 0 Å². The first-order valence-electron chi connectivity index (χ1n) is 7.21. The predicted octanol–water partition coefficient (Wildman–Crippen LogP) is 4.14. The minimum atomic E-state index is -0.575. The minimum absolute atomic E-state index is 0.0267. The normalized spacial score (nSPS) is 16.4. The molecule has 0 saturated heterocycles. The van der Waals surface area contributed by atoms with E-state index in [4.69, 9.17) is 0 Å². The van der Waals surface area contributed by atoms with Gasteiger partial charge in [-0.15, -0.1) is 11.3 Å². The van der Waals surface area contributed by atoms with Gasteiger partial charge in [-0.2, -0.15) is 0 Å². The summed E-state index contributed by atoms with van der Waals surface area (Å²) in [4.78, 5) is 21.7. The molecule has 3 aromatic rings. The quantitative estimate of drug-likeness (QED) is 0.683. The van der Waals surface area contributed by atoms with E-state index in [1.807, 2.05) is 6.07 Å². The molecule has 1 aromatic carbocycles. The van der Waals surface area contributed by atoms with Crippen molar-refractivity contribution in [1.82, 2.24) is 9.97 Å². The van der Waals surface area contributed by atoms with E-state index < -0.39 is 5.41 Å². The van der Waals surface area contributed by atoms with Gasteiger partial charge in [0.1, 0.15) is 16.5 Å². The van der Waals surface area contributed by atoms with Crippen molar-refractivity contribution in [3.05, 3.63) is 59.1 Å². The van der Waals surface area contributed by atoms with Crippen molar-refractivity contribution in [3.8, 4) is 0 Å². The Balaban J connectivity index is 1.81. The smallest absolute Gasteiger partial charge is 0.194 e. The Morgan fingerprint density at radius 2 is 2.09 bits per heavy atom. The summed E-state index contributed by atoms with van der Waals surface area (Å²) in [5.41, 5.74) is 0.656. The number of nitrogens with zero attached hydrogens (tertiary/aromatic N) is 2. The van der Waals surface area contributed by atoms with Crippen LogP contribution in [0, 0.1) is 5.82 Å². The number of pyridine rings is 1. The second kappa shape index (κ2) is 4.95. The van der Waals surface area contributed by atoms with Crippen molar-refractivity contribution in [1.29, 1.82) is 0 Å². The van der Waals surface area contributed by atoms with Crippen LogP contribution in [-0.2, 0) is 5.41 Å². The molecule has 3 nitrogen and oxygen atoms in total. The van der Waals surface area contributed by atoms with Gasteiger partial charge in [0.05, 0.1) is 15.6 Å². The van der Waals surface area contributed by atoms with Crippen molar-refractivity contribution >= 4 is 27.3 Å². The highest BCUT2D eigenvalue weighted by atomic mass is 32.1. The van der Waals surface area contributed by atoms with Gasteiger partial charge >= 0.3 is 0 Å². The molecule has 22 heavy (non-hydrogen) atoms. The first-order valence-corrected chi connectivity index (χ1v) is 8.03. The van der Waals surface area contributed by atoms with E-state index in [1.165, 1.54) is 23.5 Å². The van der Waals surface area contributed by atoms with Gasteiger partial charge in [-0.3, -0.25) is 9.78 Å². The van der Waals surface area contributed by atoms with Crippen LogP contribution in [0.5, 0.6) is 0 Å². The Hall–Kier alpha value is -2.14. The van der Waals surface area contributed by atoms with Gasteiger partial charge in [0.2, 0.25) is 0 Å². The molecule has 0 aliphatic heterocycles. The average Bonchev–Trinajstić information content (AvgIpc) is 2.90. The lowest BCUT2D eigenvalue weighted by Gasteiger charge is -2.38. The zero-order chi connectivity index (χ0) is 15.2. The lowest BCUT2D eigenvalue weighted by atomic mass is 9.65. The summed E-state index contributed by atoms with van der Waals surface area (Å²) in [6.45, 7) is 0. The fraction of sp³-hybridized carbons (Fsp3) is 0.235. The Morgan fingerprint density at radius 3 is 2.77 bits per heavy atom. The average molecular weight is 312 g/mol. The third-order valence-electron chi connectivity index (χ3n) is 4.30. The third kappa shape index (κ3) is 1.96. The number of Topliss-reactive ketones (excluding diaryl/α,β-unsaturated/α-hetero) is 1. The number of fused-ring (bicyclic) bond motifs is 1. The fourth-order valence-corrected chi connectivity index (χ4v) is 4.15. The van der Waals surface area contributed by atoms with Crippen LogP contribution in [0.4, 0.5) is 4.39 Å². The molecule has 1 aliphatic rings. The summed E-state index contributed by atoms with van der Waals surface area (Å²) in [7, 11) is 0. The SMILES string of the molecule is O=C(c1ccccn1)C1(c2nc3ccc(F)cc3s2)CCC1. The van der Waals surface area contributed by atoms with E-state index in [2.05, 4.69) is 9.97 Å². The number of benzene rings is 1. The predicted molar refractivity (Wildman–Crippen MR) is 83.7 cm³/mol. The van der Waals surface area contributed by atoms with Crippen molar-refractivity contribution in [3.63, 3.8) is 0 Å². The molecule has 0 spiro atoms. The van der Waals surface area contributed by atoms with Crippen LogP contribution in [-0.4, -0.2) is 15.8 Å². The largest absolute Gasteiger partial charge is 0.291 e. The second-order valence-electron chi connectivity index (χ2n) is 5.61. The maximum absolute atomic E-state index is 13.4. The second-order valence-corrected chi connectivity index (χ2v) is 6.64. The van der Waals surface area contributed by atoms with Crippen LogP contribution in [0.1, 0.15) is 34.8 Å². The van der Waals surface area contributed by atoms with E-state index in [-0.39, 0.29) is 11.6 Å². The van der Waals surface area contributed by atoms with Gasteiger partial charge in [0, 0.05) is 6.20 Å². The minimum Gasteiger partial charge on any atom is -0.291 e. The number of thiazole rings is 1. The third-order valence-corrected chi connectivity index (χ3v) is 5.52. The zero-order valence-corrected chi connectivity index (χ0v) is 12.6. The summed E-state index contributed by atoms with van der Waals surface area (Å²) >= 11 is 1.42. The van der Waals surface area contributed by atoms with Crippen molar-refractivity contribution < 1.29 is 9.18 Å². The molecule has 5 heteroatoms. The van der Waals surface area contributed by atoms with Gasteiger partial charge in [-0.1, -0.05) is 12.5 Å². The molecule has 1 fully saturated rings. The number of aromatic nitrogens is 2. The van der Waals surface area contributed by atoms with Crippen molar-refractivity contribution in [2.24, 2.45) is 0 Å². The van der Waals surface area contributed by atoms with Crippen molar-refractivity contribution in [2.45, 2.75) is 24.7 Å². The van der Waals surface area contributed by atoms with E-state index in [0.29, 0.717) is 5.69 Å². The first kappa shape index (κ1) is 13.5. The molecule has 0 atom stereocenters. The fourth-order valence-electron chi connectivity index (χ4n) is 2.91. The number of ketones is 1. The summed E-state index contributed by atoms with van der Waals surface area (Å²) in [5, 5.41) is 0.787. The van der Waals surface area contributed by atoms with Gasteiger partial charge in [0.25, 0.3) is 0 Å². The van der Waals surface area contributed by atoms with E-state index in [9.17, 15) is 9.18 Å². The Bertz CT molecular complexity index is 855. The summed E-state index contributed by atoms with van der Waals surface area (Å²) < 4.78 is 14.2. The van der Waals surface area contributed by atoms with E-state index in [1.54, 1.807) is 24.4 Å². The number of hydrogen-bond acceptors (Lipinski definition) is 4. The zero-order valence-electron chi connectivity index (χ0n) is 11.8. The Kier molecular flexibility index (Phi) is 3.04. The van der Waals surface area contributed by atoms with Gasteiger partial charge in [0.15, 0.2) is 5.78 Å². The number of hydrogen-bond donors (Lipinski definition) is 0. The van der Waals surface area contributed by atoms with Gasteiger partial charge in [-0.05, 0) is 43.2 Å². The molecule has 0 N–H and O–H groups in total. The molecule has 1 saturated carbocycles. The van der Waals surface area contributed by atoms with Crippen LogP contribution in [0.15, 0.2) is 42.6 Å². The highest BCUT2D eigenvalue weighted by molar-refractivity contribution is 7.18. The Morgan fingerprint density at radius 1 is 1.23 bits per heavy atom. The Labute approximate surface area is 130 Å². The maximum atomic E-state index is 13.4. The lowest BCUT2D eigenvalue weighted by Crippen LogP contribution is -2.42. The summed E-state index contributed by atoms with van der Waals surface area (Å²) in [5.74, 6) is -0.250. The summed E-state index contributed by atoms with van der Waals surface area (Å²) in [6, 6.07) is 9.91. The molecule has 2 aromatic heterocycles. The lowest BCUT2D eigenvalue weighted by molar-refractivity contribution is 0.0783. The van der Waals surface area contributed by atoms with E-state index in [0.717, 1.165) is 34.5 Å². The monoisotopic (exact) mass is 312 g/mol. The number of halogens is 1. The molecule has 0 amide bonds. The van der Waals surface area contributed by atoms with Crippen LogP contribution < -0.4 is 0 Å². The molecular formula is C17H13FN2OS. The molecule has 4 rings (SSSR count). The van der Waals surface area contributed by atoms with Crippen molar-refractivity contribution in [2.75, 3.05) is 0 Å².